The van der Waals surface area contributed by atoms with Crippen LogP contribution in [0.25, 0.3) is 0 Å². The van der Waals surface area contributed by atoms with Crippen molar-refractivity contribution in [2.24, 2.45) is 5.92 Å². The molecule has 1 N–H and O–H groups in total. The molecule has 1 saturated carbocycles. The third kappa shape index (κ3) is 5.17. The van der Waals surface area contributed by atoms with E-state index >= 15 is 0 Å². The van der Waals surface area contributed by atoms with E-state index in [1.807, 2.05) is 0 Å². The van der Waals surface area contributed by atoms with Gasteiger partial charge in [0.1, 0.15) is 0 Å². The minimum Gasteiger partial charge on any atom is -0.449 e. The molecule has 1 aliphatic heterocycles. The third-order valence-corrected chi connectivity index (χ3v) is 7.76. The molecule has 8 heteroatoms. The standard InChI is InChI=1S/C21H30N2O5S/c1-15-8-3-4-11-19(15)22-20(24)16(2)28-21(25)17-9-7-10-18(14-17)29(26,27)23-12-5-6-13-23/h7,9-10,14-16,19H,3-6,8,11-13H2,1-2H3,(H,22,24)/t15-,16-,19-/m0/s1. The number of carbonyl (C=O) groups excluding carboxylic acids is 2. The Bertz CT molecular complexity index is 848. The molecule has 160 valence electrons. The molecule has 1 aromatic carbocycles. The summed E-state index contributed by atoms with van der Waals surface area (Å²) < 4.78 is 32.1. The number of nitrogens with one attached hydrogen (secondary N) is 1. The van der Waals surface area contributed by atoms with Gasteiger partial charge in [0.15, 0.2) is 6.10 Å². The van der Waals surface area contributed by atoms with E-state index in [4.69, 9.17) is 4.74 Å². The number of rotatable bonds is 6. The van der Waals surface area contributed by atoms with E-state index in [9.17, 15) is 18.0 Å². The van der Waals surface area contributed by atoms with Gasteiger partial charge < -0.3 is 10.1 Å². The molecule has 1 heterocycles. The van der Waals surface area contributed by atoms with E-state index in [0.29, 0.717) is 19.0 Å². The maximum absolute atomic E-state index is 12.7. The highest BCUT2D eigenvalue weighted by Gasteiger charge is 2.29. The summed E-state index contributed by atoms with van der Waals surface area (Å²) in [4.78, 5) is 25.0. The van der Waals surface area contributed by atoms with Crippen molar-refractivity contribution in [1.29, 1.82) is 0 Å². The van der Waals surface area contributed by atoms with E-state index < -0.39 is 22.1 Å². The summed E-state index contributed by atoms with van der Waals surface area (Å²) in [5.74, 6) is -0.621. The smallest absolute Gasteiger partial charge is 0.338 e. The maximum Gasteiger partial charge on any atom is 0.338 e. The van der Waals surface area contributed by atoms with Gasteiger partial charge in [0.25, 0.3) is 5.91 Å². The lowest BCUT2D eigenvalue weighted by atomic mass is 9.86. The van der Waals surface area contributed by atoms with Crippen molar-refractivity contribution in [3.63, 3.8) is 0 Å². The number of benzene rings is 1. The molecule has 1 amide bonds. The molecule has 1 aliphatic carbocycles. The van der Waals surface area contributed by atoms with Crippen molar-refractivity contribution < 1.29 is 22.7 Å². The Balaban J connectivity index is 1.63. The van der Waals surface area contributed by atoms with Crippen molar-refractivity contribution in [3.8, 4) is 0 Å². The lowest BCUT2D eigenvalue weighted by Crippen LogP contribution is -2.46. The number of nitrogens with zero attached hydrogens (tertiary/aromatic N) is 1. The van der Waals surface area contributed by atoms with Crippen LogP contribution >= 0.6 is 0 Å². The summed E-state index contributed by atoms with van der Waals surface area (Å²) in [5.41, 5.74) is 0.121. The van der Waals surface area contributed by atoms with Crippen molar-refractivity contribution in [1.82, 2.24) is 9.62 Å². The van der Waals surface area contributed by atoms with Crippen LogP contribution in [-0.4, -0.2) is 49.8 Å². The molecule has 0 unspecified atom stereocenters. The monoisotopic (exact) mass is 422 g/mol. The zero-order valence-electron chi connectivity index (χ0n) is 17.1. The van der Waals surface area contributed by atoms with Crippen LogP contribution in [0.1, 0.15) is 62.7 Å². The van der Waals surface area contributed by atoms with Crippen molar-refractivity contribution in [3.05, 3.63) is 29.8 Å². The van der Waals surface area contributed by atoms with Crippen molar-refractivity contribution in [2.45, 2.75) is 69.4 Å². The topological polar surface area (TPSA) is 92.8 Å². The number of amides is 1. The summed E-state index contributed by atoms with van der Waals surface area (Å²) in [5, 5.41) is 2.98. The summed E-state index contributed by atoms with van der Waals surface area (Å²) in [6, 6.07) is 5.92. The summed E-state index contributed by atoms with van der Waals surface area (Å²) in [6.45, 7) is 4.64. The fraction of sp³-hybridized carbons (Fsp3) is 0.619. The SMILES string of the molecule is C[C@H](OC(=O)c1cccc(S(=O)(=O)N2CCCC2)c1)C(=O)N[C@H]1CCCC[C@@H]1C. The number of carbonyl (C=O) groups is 2. The van der Waals surface area contributed by atoms with Crippen LogP contribution in [0, 0.1) is 5.92 Å². The second-order valence-corrected chi connectivity index (χ2v) is 10.0. The first kappa shape index (κ1) is 21.8. The first-order valence-corrected chi connectivity index (χ1v) is 11.8. The largest absolute Gasteiger partial charge is 0.449 e. The van der Waals surface area contributed by atoms with Crippen LogP contribution in [0.3, 0.4) is 0 Å². The lowest BCUT2D eigenvalue weighted by Gasteiger charge is -2.30. The second kappa shape index (κ2) is 9.26. The maximum atomic E-state index is 12.7. The summed E-state index contributed by atoms with van der Waals surface area (Å²) in [7, 11) is -3.62. The van der Waals surface area contributed by atoms with E-state index in [1.54, 1.807) is 0 Å². The molecule has 3 rings (SSSR count). The van der Waals surface area contributed by atoms with E-state index in [0.717, 1.165) is 32.1 Å². The molecule has 0 radical (unpaired) electrons. The predicted octanol–water partition coefficient (Wildman–Crippen LogP) is 2.71. The van der Waals surface area contributed by atoms with Crippen LogP contribution in [0.2, 0.25) is 0 Å². The minimum absolute atomic E-state index is 0.0713. The summed E-state index contributed by atoms with van der Waals surface area (Å²) >= 11 is 0. The highest BCUT2D eigenvalue weighted by atomic mass is 32.2. The van der Waals surface area contributed by atoms with Crippen molar-refractivity contribution >= 4 is 21.9 Å². The molecular weight excluding hydrogens is 392 g/mol. The van der Waals surface area contributed by atoms with Gasteiger partial charge in [-0.25, -0.2) is 13.2 Å². The van der Waals surface area contributed by atoms with Crippen LogP contribution < -0.4 is 5.32 Å². The fourth-order valence-corrected chi connectivity index (χ4v) is 5.54. The predicted molar refractivity (Wildman–Crippen MR) is 109 cm³/mol. The number of ether oxygens (including phenoxy) is 1. The first-order valence-electron chi connectivity index (χ1n) is 10.4. The number of esters is 1. The van der Waals surface area contributed by atoms with Gasteiger partial charge in [-0.05, 0) is 56.7 Å². The van der Waals surface area contributed by atoms with Gasteiger partial charge in [-0.1, -0.05) is 25.8 Å². The van der Waals surface area contributed by atoms with Crippen LogP contribution in [-0.2, 0) is 19.6 Å². The normalized spacial score (nSPS) is 24.1. The molecule has 0 bridgehead atoms. The average Bonchev–Trinajstić information content (AvgIpc) is 3.25. The Hall–Kier alpha value is -1.93. The molecule has 1 aromatic rings. The molecule has 2 fully saturated rings. The van der Waals surface area contributed by atoms with Gasteiger partial charge in [-0.15, -0.1) is 0 Å². The molecular formula is C21H30N2O5S. The average molecular weight is 423 g/mol. The number of sulfonamides is 1. The van der Waals surface area contributed by atoms with Gasteiger partial charge in [-0.2, -0.15) is 4.31 Å². The Morgan fingerprint density at radius 3 is 2.52 bits per heavy atom. The van der Waals surface area contributed by atoms with Crippen LogP contribution in [0.5, 0.6) is 0 Å². The molecule has 7 nitrogen and oxygen atoms in total. The van der Waals surface area contributed by atoms with Gasteiger partial charge in [0.05, 0.1) is 10.5 Å². The molecule has 3 atom stereocenters. The Kier molecular flexibility index (Phi) is 6.95. The van der Waals surface area contributed by atoms with Gasteiger partial charge in [-0.3, -0.25) is 4.79 Å². The minimum atomic E-state index is -3.62. The molecule has 0 spiro atoms. The third-order valence-electron chi connectivity index (χ3n) is 5.86. The number of hydrogen-bond donors (Lipinski definition) is 1. The first-order chi connectivity index (χ1) is 13.8. The zero-order valence-corrected chi connectivity index (χ0v) is 17.9. The second-order valence-electron chi connectivity index (χ2n) is 8.06. The van der Waals surface area contributed by atoms with E-state index in [1.165, 1.54) is 41.9 Å². The quantitative estimate of drug-likeness (QED) is 0.712. The highest BCUT2D eigenvalue weighted by Crippen LogP contribution is 2.24. The summed E-state index contributed by atoms with van der Waals surface area (Å²) in [6.07, 6.45) is 5.01. The highest BCUT2D eigenvalue weighted by molar-refractivity contribution is 7.89. The molecule has 29 heavy (non-hydrogen) atoms. The fourth-order valence-electron chi connectivity index (χ4n) is 3.97. The van der Waals surface area contributed by atoms with Gasteiger partial charge >= 0.3 is 5.97 Å². The lowest BCUT2D eigenvalue weighted by molar-refractivity contribution is -0.130. The van der Waals surface area contributed by atoms with E-state index in [2.05, 4.69) is 12.2 Å². The van der Waals surface area contributed by atoms with E-state index in [-0.39, 0.29) is 22.4 Å². The molecule has 2 aliphatic rings. The van der Waals surface area contributed by atoms with Crippen LogP contribution in [0.15, 0.2) is 29.2 Å². The van der Waals surface area contributed by atoms with Gasteiger partial charge in [0.2, 0.25) is 10.0 Å². The Morgan fingerprint density at radius 1 is 1.14 bits per heavy atom. The Morgan fingerprint density at radius 2 is 1.83 bits per heavy atom. The number of hydrogen-bond acceptors (Lipinski definition) is 5. The zero-order chi connectivity index (χ0) is 21.0. The molecule has 1 saturated heterocycles. The van der Waals surface area contributed by atoms with Crippen LogP contribution in [0.4, 0.5) is 0 Å². The molecule has 0 aromatic heterocycles. The van der Waals surface area contributed by atoms with Crippen molar-refractivity contribution in [2.75, 3.05) is 13.1 Å². The Labute approximate surface area is 172 Å². The van der Waals surface area contributed by atoms with Gasteiger partial charge in [0, 0.05) is 19.1 Å².